The predicted molar refractivity (Wildman–Crippen MR) is 90.3 cm³/mol. The van der Waals surface area contributed by atoms with Crippen molar-refractivity contribution in [1.29, 1.82) is 0 Å². The van der Waals surface area contributed by atoms with E-state index in [9.17, 15) is 9.59 Å². The van der Waals surface area contributed by atoms with Crippen molar-refractivity contribution in [1.82, 2.24) is 0 Å². The van der Waals surface area contributed by atoms with Gasteiger partial charge in [0.1, 0.15) is 10.8 Å². The summed E-state index contributed by atoms with van der Waals surface area (Å²) in [6.07, 6.45) is -0.689. The van der Waals surface area contributed by atoms with Crippen LogP contribution in [0.4, 0.5) is 5.00 Å². The summed E-state index contributed by atoms with van der Waals surface area (Å²) in [4.78, 5) is 25.2. The summed E-state index contributed by atoms with van der Waals surface area (Å²) >= 11 is 1.35. The lowest BCUT2D eigenvalue weighted by Crippen LogP contribution is -2.30. The van der Waals surface area contributed by atoms with Gasteiger partial charge in [-0.1, -0.05) is 18.2 Å². The lowest BCUT2D eigenvalue weighted by atomic mass is 10.1. The molecule has 2 rings (SSSR count). The number of hydrogen-bond acceptors (Lipinski definition) is 5. The highest BCUT2D eigenvalue weighted by Gasteiger charge is 2.23. The Morgan fingerprint density at radius 2 is 1.83 bits per heavy atom. The molecule has 1 heterocycles. The van der Waals surface area contributed by atoms with Crippen LogP contribution in [-0.4, -0.2) is 25.1 Å². The number of carbonyl (C=O) groups excluding carboxylic acids is 2. The molecule has 1 aromatic heterocycles. The summed E-state index contributed by atoms with van der Waals surface area (Å²) in [5.41, 5.74) is 1.21. The van der Waals surface area contributed by atoms with Crippen LogP contribution in [0.1, 0.15) is 27.7 Å². The second-order valence-electron chi connectivity index (χ2n) is 5.04. The summed E-state index contributed by atoms with van der Waals surface area (Å²) in [6.45, 7) is 5.39. The van der Waals surface area contributed by atoms with E-state index in [0.717, 1.165) is 10.4 Å². The van der Waals surface area contributed by atoms with Crippen LogP contribution in [0.25, 0.3) is 0 Å². The number of amides is 1. The van der Waals surface area contributed by atoms with Gasteiger partial charge in [0.15, 0.2) is 6.10 Å². The average Bonchev–Trinajstić information content (AvgIpc) is 2.82. The number of hydrogen-bond donors (Lipinski definition) is 1. The average molecular weight is 333 g/mol. The van der Waals surface area contributed by atoms with E-state index in [2.05, 4.69) is 5.32 Å². The number of nitrogens with one attached hydrogen (secondary N) is 1. The molecule has 0 fully saturated rings. The number of esters is 1. The predicted octanol–water partition coefficient (Wildman–Crippen LogP) is 3.56. The van der Waals surface area contributed by atoms with Crippen LogP contribution < -0.4 is 10.1 Å². The van der Waals surface area contributed by atoms with Crippen LogP contribution in [0.3, 0.4) is 0 Å². The van der Waals surface area contributed by atoms with Crippen LogP contribution in [-0.2, 0) is 9.53 Å². The number of rotatable bonds is 5. The Morgan fingerprint density at radius 3 is 2.43 bits per heavy atom. The topological polar surface area (TPSA) is 64.6 Å². The number of ether oxygens (including phenoxy) is 2. The first-order valence-electron chi connectivity index (χ1n) is 7.15. The third kappa shape index (κ3) is 3.90. The van der Waals surface area contributed by atoms with Crippen molar-refractivity contribution in [3.8, 4) is 5.75 Å². The summed E-state index contributed by atoms with van der Waals surface area (Å²) in [5, 5.41) is 3.25. The Hall–Kier alpha value is -2.34. The Bertz CT molecular complexity index is 709. The quantitative estimate of drug-likeness (QED) is 0.850. The zero-order chi connectivity index (χ0) is 17.0. The molecule has 1 atom stereocenters. The molecule has 0 saturated heterocycles. The van der Waals surface area contributed by atoms with Crippen molar-refractivity contribution >= 4 is 28.2 Å². The Kier molecular flexibility index (Phi) is 5.39. The molecule has 1 amide bonds. The normalized spacial score (nSPS) is 11.7. The standard InChI is InChI=1S/C17H19NO4S/c1-10-12(3)23-16(14(10)17(20)21-4)18-15(19)11(2)22-13-8-6-5-7-9-13/h5-9,11H,1-4H3,(H,18,19)/t11-/m1/s1. The first-order valence-corrected chi connectivity index (χ1v) is 7.96. The third-order valence-corrected chi connectivity index (χ3v) is 4.56. The number of thiophene rings is 1. The molecule has 1 N–H and O–H groups in total. The van der Waals surface area contributed by atoms with Crippen molar-refractivity contribution in [3.05, 3.63) is 46.3 Å². The van der Waals surface area contributed by atoms with Gasteiger partial charge in [0.05, 0.1) is 12.7 Å². The van der Waals surface area contributed by atoms with Crippen LogP contribution >= 0.6 is 11.3 Å². The Labute approximate surface area is 139 Å². The van der Waals surface area contributed by atoms with Crippen molar-refractivity contribution in [3.63, 3.8) is 0 Å². The van der Waals surface area contributed by atoms with Crippen LogP contribution in [0.5, 0.6) is 5.75 Å². The molecule has 0 saturated carbocycles. The zero-order valence-electron chi connectivity index (χ0n) is 13.5. The summed E-state index contributed by atoms with van der Waals surface area (Å²) < 4.78 is 10.4. The lowest BCUT2D eigenvalue weighted by molar-refractivity contribution is -0.122. The highest BCUT2D eigenvalue weighted by atomic mass is 32.1. The van der Waals surface area contributed by atoms with E-state index in [1.54, 1.807) is 19.1 Å². The Morgan fingerprint density at radius 1 is 1.17 bits per heavy atom. The van der Waals surface area contributed by atoms with Gasteiger partial charge >= 0.3 is 5.97 Å². The third-order valence-electron chi connectivity index (χ3n) is 3.44. The molecular weight excluding hydrogens is 314 g/mol. The second kappa shape index (κ2) is 7.28. The number of carbonyl (C=O) groups is 2. The number of para-hydroxylation sites is 1. The minimum absolute atomic E-state index is 0.319. The minimum atomic E-state index is -0.689. The van der Waals surface area contributed by atoms with E-state index < -0.39 is 12.1 Å². The fourth-order valence-corrected chi connectivity index (χ4v) is 3.08. The molecule has 0 aliphatic heterocycles. The maximum atomic E-state index is 12.3. The first kappa shape index (κ1) is 17.0. The fraction of sp³-hybridized carbons (Fsp3) is 0.294. The SMILES string of the molecule is COC(=O)c1c(NC(=O)[C@@H](C)Oc2ccccc2)sc(C)c1C. The first-order chi connectivity index (χ1) is 10.9. The van der Waals surface area contributed by atoms with Crippen molar-refractivity contribution < 1.29 is 19.1 Å². The van der Waals surface area contributed by atoms with E-state index in [0.29, 0.717) is 16.3 Å². The molecule has 0 bridgehead atoms. The van der Waals surface area contributed by atoms with Gasteiger partial charge < -0.3 is 14.8 Å². The zero-order valence-corrected chi connectivity index (χ0v) is 14.3. The van der Waals surface area contributed by atoms with Gasteiger partial charge in [0.2, 0.25) is 0 Å². The maximum Gasteiger partial charge on any atom is 0.341 e. The fourth-order valence-electron chi connectivity index (χ4n) is 2.03. The molecule has 0 radical (unpaired) electrons. The molecule has 23 heavy (non-hydrogen) atoms. The van der Waals surface area contributed by atoms with Crippen LogP contribution in [0, 0.1) is 13.8 Å². The van der Waals surface area contributed by atoms with E-state index in [1.807, 2.05) is 32.0 Å². The largest absolute Gasteiger partial charge is 0.481 e. The summed E-state index contributed by atoms with van der Waals surface area (Å²) in [7, 11) is 1.32. The Balaban J connectivity index is 2.14. The second-order valence-corrected chi connectivity index (χ2v) is 6.27. The molecule has 0 aliphatic rings. The van der Waals surface area contributed by atoms with Gasteiger partial charge in [-0.2, -0.15) is 0 Å². The van der Waals surface area contributed by atoms with Gasteiger partial charge in [-0.15, -0.1) is 11.3 Å². The van der Waals surface area contributed by atoms with Crippen LogP contribution in [0.15, 0.2) is 30.3 Å². The number of benzene rings is 1. The van der Waals surface area contributed by atoms with Gasteiger partial charge in [0, 0.05) is 4.88 Å². The highest BCUT2D eigenvalue weighted by molar-refractivity contribution is 7.16. The van der Waals surface area contributed by atoms with Gasteiger partial charge in [-0.25, -0.2) is 4.79 Å². The minimum Gasteiger partial charge on any atom is -0.481 e. The number of methoxy groups -OCH3 is 1. The van der Waals surface area contributed by atoms with E-state index >= 15 is 0 Å². The molecule has 122 valence electrons. The van der Waals surface area contributed by atoms with Gasteiger partial charge in [-0.05, 0) is 38.5 Å². The van der Waals surface area contributed by atoms with Crippen molar-refractivity contribution in [2.75, 3.05) is 12.4 Å². The van der Waals surface area contributed by atoms with E-state index in [1.165, 1.54) is 18.4 Å². The molecule has 6 heteroatoms. The van der Waals surface area contributed by atoms with E-state index in [4.69, 9.17) is 9.47 Å². The molecular formula is C17H19NO4S. The van der Waals surface area contributed by atoms with E-state index in [-0.39, 0.29) is 5.91 Å². The van der Waals surface area contributed by atoms with Gasteiger partial charge in [0.25, 0.3) is 5.91 Å². The summed E-state index contributed by atoms with van der Waals surface area (Å²) in [6, 6.07) is 9.10. The highest BCUT2D eigenvalue weighted by Crippen LogP contribution is 2.33. The van der Waals surface area contributed by atoms with Crippen LogP contribution in [0.2, 0.25) is 0 Å². The number of aryl methyl sites for hydroxylation is 1. The van der Waals surface area contributed by atoms with Crippen molar-refractivity contribution in [2.45, 2.75) is 26.9 Å². The molecule has 2 aromatic rings. The molecule has 0 unspecified atom stereocenters. The summed E-state index contributed by atoms with van der Waals surface area (Å²) in [5.74, 6) is -0.166. The lowest BCUT2D eigenvalue weighted by Gasteiger charge is -2.14. The smallest absolute Gasteiger partial charge is 0.341 e. The van der Waals surface area contributed by atoms with Crippen molar-refractivity contribution in [2.24, 2.45) is 0 Å². The number of anilines is 1. The molecule has 0 aliphatic carbocycles. The maximum absolute atomic E-state index is 12.3. The van der Waals surface area contributed by atoms with Gasteiger partial charge in [-0.3, -0.25) is 4.79 Å². The molecule has 5 nitrogen and oxygen atoms in total. The molecule has 0 spiro atoms. The monoisotopic (exact) mass is 333 g/mol. The molecule has 1 aromatic carbocycles.